The summed E-state index contributed by atoms with van der Waals surface area (Å²) in [7, 11) is 0. The number of amides is 1. The first-order valence-electron chi connectivity index (χ1n) is 11.2. The van der Waals surface area contributed by atoms with E-state index < -0.39 is 11.6 Å². The van der Waals surface area contributed by atoms with Crippen molar-refractivity contribution in [1.29, 1.82) is 0 Å². The third kappa shape index (κ3) is 4.86. The number of hydrogen-bond donors (Lipinski definition) is 2. The van der Waals surface area contributed by atoms with Crippen LogP contribution in [0.3, 0.4) is 0 Å². The molecule has 32 heavy (non-hydrogen) atoms. The Hall–Kier alpha value is -3.12. The van der Waals surface area contributed by atoms with E-state index in [0.717, 1.165) is 24.0 Å². The first kappa shape index (κ1) is 22.1. The van der Waals surface area contributed by atoms with Crippen LogP contribution in [0.2, 0.25) is 0 Å². The molecule has 1 saturated carbocycles. The molecule has 0 unspecified atom stereocenters. The van der Waals surface area contributed by atoms with Gasteiger partial charge in [-0.3, -0.25) is 4.79 Å². The van der Waals surface area contributed by atoms with Gasteiger partial charge < -0.3 is 19.9 Å². The van der Waals surface area contributed by atoms with E-state index in [1.807, 2.05) is 54.6 Å². The van der Waals surface area contributed by atoms with Crippen LogP contribution in [0.1, 0.15) is 42.9 Å². The van der Waals surface area contributed by atoms with E-state index in [9.17, 15) is 4.79 Å². The van der Waals surface area contributed by atoms with Crippen LogP contribution in [0, 0.1) is 5.92 Å². The summed E-state index contributed by atoms with van der Waals surface area (Å²) in [6, 6.07) is 17.2. The lowest BCUT2D eigenvalue weighted by Crippen LogP contribution is -2.48. The van der Waals surface area contributed by atoms with Crippen molar-refractivity contribution in [1.82, 2.24) is 5.32 Å². The molecule has 0 aromatic heterocycles. The molecule has 2 aliphatic rings. The molecule has 1 aliphatic carbocycles. The molecular weight excluding hydrogens is 404 g/mol. The predicted octanol–water partition coefficient (Wildman–Crippen LogP) is 3.81. The molecule has 2 aromatic rings. The van der Waals surface area contributed by atoms with Crippen LogP contribution >= 0.6 is 0 Å². The van der Waals surface area contributed by atoms with Crippen LogP contribution in [0.4, 0.5) is 0 Å². The van der Waals surface area contributed by atoms with Crippen LogP contribution in [0.5, 0.6) is 5.75 Å². The third-order valence-corrected chi connectivity index (χ3v) is 5.84. The van der Waals surface area contributed by atoms with E-state index in [0.29, 0.717) is 43.6 Å². The second-order valence-corrected chi connectivity index (χ2v) is 8.35. The molecule has 1 amide bonds. The smallest absolute Gasteiger partial charge is 0.252 e. The standard InChI is InChI=1S/C26H30N2O4/c1-2-15-26(25(30)27-18-19-9-10-19)23(20-7-4-3-5-8-20)32-24(28-26)21-11-13-22(14-12-21)31-17-6-16-29/h2-5,7-8,11-14,19,23,29H,1,6,9-10,15-18H2,(H,27,30)/t23-,26-/m1/s1. The Labute approximate surface area is 189 Å². The molecule has 0 spiro atoms. The molecule has 0 bridgehead atoms. The monoisotopic (exact) mass is 434 g/mol. The number of aliphatic hydroxyl groups excluding tert-OH is 1. The Bertz CT molecular complexity index is 954. The molecule has 0 saturated heterocycles. The number of aliphatic hydroxyl groups is 1. The summed E-state index contributed by atoms with van der Waals surface area (Å²) >= 11 is 0. The summed E-state index contributed by atoms with van der Waals surface area (Å²) in [6.07, 6.45) is 4.46. The summed E-state index contributed by atoms with van der Waals surface area (Å²) in [5, 5.41) is 12.0. The first-order valence-corrected chi connectivity index (χ1v) is 11.2. The third-order valence-electron chi connectivity index (χ3n) is 5.84. The van der Waals surface area contributed by atoms with Gasteiger partial charge in [0.15, 0.2) is 11.6 Å². The van der Waals surface area contributed by atoms with Gasteiger partial charge in [-0.15, -0.1) is 6.58 Å². The highest BCUT2D eigenvalue weighted by Gasteiger charge is 2.52. The van der Waals surface area contributed by atoms with Crippen LogP contribution in [0.15, 0.2) is 72.2 Å². The average molecular weight is 435 g/mol. The molecule has 1 heterocycles. The van der Waals surface area contributed by atoms with Gasteiger partial charge in [-0.1, -0.05) is 36.4 Å². The molecule has 2 N–H and O–H groups in total. The minimum atomic E-state index is -1.11. The van der Waals surface area contributed by atoms with E-state index in [1.54, 1.807) is 6.08 Å². The lowest BCUT2D eigenvalue weighted by molar-refractivity contribution is -0.128. The first-order chi connectivity index (χ1) is 15.7. The average Bonchev–Trinajstić information content (AvgIpc) is 3.58. The Morgan fingerprint density at radius 1 is 1.22 bits per heavy atom. The number of carbonyl (C=O) groups is 1. The maximum atomic E-state index is 13.5. The van der Waals surface area contributed by atoms with Crippen molar-refractivity contribution in [3.63, 3.8) is 0 Å². The highest BCUT2D eigenvalue weighted by Crippen LogP contribution is 2.43. The zero-order valence-corrected chi connectivity index (χ0v) is 18.2. The van der Waals surface area contributed by atoms with Crippen molar-refractivity contribution in [2.75, 3.05) is 19.8 Å². The predicted molar refractivity (Wildman–Crippen MR) is 124 cm³/mol. The van der Waals surface area contributed by atoms with E-state index in [-0.39, 0.29) is 12.5 Å². The molecule has 1 aliphatic heterocycles. The lowest BCUT2D eigenvalue weighted by Gasteiger charge is -2.29. The Morgan fingerprint density at radius 2 is 1.97 bits per heavy atom. The Morgan fingerprint density at radius 3 is 2.62 bits per heavy atom. The molecular formula is C26H30N2O4. The maximum absolute atomic E-state index is 13.5. The normalized spacial score (nSPS) is 22.0. The van der Waals surface area contributed by atoms with Crippen molar-refractivity contribution < 1.29 is 19.4 Å². The summed E-state index contributed by atoms with van der Waals surface area (Å²) in [5.74, 6) is 1.58. The number of rotatable bonds is 11. The van der Waals surface area contributed by atoms with Gasteiger partial charge in [0.2, 0.25) is 5.90 Å². The van der Waals surface area contributed by atoms with Crippen LogP contribution in [-0.2, 0) is 9.53 Å². The summed E-state index contributed by atoms with van der Waals surface area (Å²) < 4.78 is 12.0. The van der Waals surface area contributed by atoms with Gasteiger partial charge >= 0.3 is 0 Å². The van der Waals surface area contributed by atoms with Gasteiger partial charge in [0, 0.05) is 31.6 Å². The molecule has 6 nitrogen and oxygen atoms in total. The zero-order chi connectivity index (χ0) is 22.4. The summed E-state index contributed by atoms with van der Waals surface area (Å²) in [5.41, 5.74) is 0.573. The SMILES string of the molecule is C=CC[C@@]1(C(=O)NCC2CC2)N=C(c2ccc(OCCCO)cc2)O[C@@H]1c1ccccc1. The van der Waals surface area contributed by atoms with Crippen LogP contribution in [0.25, 0.3) is 0 Å². The van der Waals surface area contributed by atoms with E-state index in [1.165, 1.54) is 0 Å². The number of aliphatic imine (C=N–C) groups is 1. The quantitative estimate of drug-likeness (QED) is 0.416. The fraction of sp³-hybridized carbons (Fsp3) is 0.385. The molecule has 0 radical (unpaired) electrons. The topological polar surface area (TPSA) is 80.2 Å². The number of nitrogens with one attached hydrogen (secondary N) is 1. The van der Waals surface area contributed by atoms with Crippen LogP contribution < -0.4 is 10.1 Å². The highest BCUT2D eigenvalue weighted by molar-refractivity contribution is 6.01. The van der Waals surface area contributed by atoms with Gasteiger partial charge in [0.1, 0.15) is 5.75 Å². The lowest BCUT2D eigenvalue weighted by atomic mass is 9.84. The van der Waals surface area contributed by atoms with E-state index >= 15 is 0 Å². The largest absolute Gasteiger partial charge is 0.494 e. The number of hydrogen-bond acceptors (Lipinski definition) is 5. The van der Waals surface area contributed by atoms with Crippen molar-refractivity contribution >= 4 is 11.8 Å². The zero-order valence-electron chi connectivity index (χ0n) is 18.2. The van der Waals surface area contributed by atoms with Crippen molar-refractivity contribution in [2.24, 2.45) is 10.9 Å². The van der Waals surface area contributed by atoms with Gasteiger partial charge in [-0.05, 0) is 48.6 Å². The number of carbonyl (C=O) groups excluding carboxylic acids is 1. The van der Waals surface area contributed by atoms with Crippen molar-refractivity contribution in [2.45, 2.75) is 37.3 Å². The Kier molecular flexibility index (Phi) is 6.90. The van der Waals surface area contributed by atoms with Gasteiger partial charge in [-0.25, -0.2) is 4.99 Å². The molecule has 168 valence electrons. The number of nitrogens with zero attached hydrogens (tertiary/aromatic N) is 1. The fourth-order valence-corrected chi connectivity index (χ4v) is 3.88. The molecule has 1 fully saturated rings. The minimum absolute atomic E-state index is 0.0950. The van der Waals surface area contributed by atoms with Crippen LogP contribution in [-0.4, -0.2) is 42.2 Å². The molecule has 2 aromatic carbocycles. The number of benzene rings is 2. The molecule has 4 rings (SSSR count). The van der Waals surface area contributed by atoms with Crippen molar-refractivity contribution in [3.8, 4) is 5.75 Å². The van der Waals surface area contributed by atoms with Crippen molar-refractivity contribution in [3.05, 3.63) is 78.4 Å². The van der Waals surface area contributed by atoms with Gasteiger partial charge in [0.25, 0.3) is 5.91 Å². The molecule has 2 atom stereocenters. The minimum Gasteiger partial charge on any atom is -0.494 e. The fourth-order valence-electron chi connectivity index (χ4n) is 3.88. The molecule has 6 heteroatoms. The van der Waals surface area contributed by atoms with Gasteiger partial charge in [-0.2, -0.15) is 0 Å². The summed E-state index contributed by atoms with van der Waals surface area (Å²) in [4.78, 5) is 18.3. The second-order valence-electron chi connectivity index (χ2n) is 8.35. The van der Waals surface area contributed by atoms with E-state index in [4.69, 9.17) is 19.6 Å². The summed E-state index contributed by atoms with van der Waals surface area (Å²) in [6.45, 7) is 5.11. The van der Waals surface area contributed by atoms with E-state index in [2.05, 4.69) is 11.9 Å². The maximum Gasteiger partial charge on any atom is 0.252 e. The highest BCUT2D eigenvalue weighted by atomic mass is 16.5. The number of ether oxygens (including phenoxy) is 2. The Balaban J connectivity index is 1.63. The second kappa shape index (κ2) is 10.0. The van der Waals surface area contributed by atoms with Gasteiger partial charge in [0.05, 0.1) is 6.61 Å².